The number of rotatable bonds is 5. The molecule has 1 aromatic heterocycles. The summed E-state index contributed by atoms with van der Waals surface area (Å²) in [5.41, 5.74) is 2.28. The highest BCUT2D eigenvalue weighted by atomic mass is 19.1. The number of unbranched alkanes of at least 4 members (excludes halogenated alkanes) is 1. The lowest BCUT2D eigenvalue weighted by Crippen LogP contribution is -2.29. The maximum absolute atomic E-state index is 13.7. The summed E-state index contributed by atoms with van der Waals surface area (Å²) in [5, 5.41) is 0. The van der Waals surface area contributed by atoms with E-state index in [1.165, 1.54) is 12.1 Å². The molecule has 1 aliphatic rings. The van der Waals surface area contributed by atoms with Gasteiger partial charge in [0.15, 0.2) is 0 Å². The summed E-state index contributed by atoms with van der Waals surface area (Å²) in [4.78, 5) is 19.4. The van der Waals surface area contributed by atoms with Gasteiger partial charge in [-0.05, 0) is 37.8 Å². The lowest BCUT2D eigenvalue weighted by molar-refractivity contribution is 0.0786. The molecule has 2 aromatic rings. The molecule has 2 heterocycles. The van der Waals surface area contributed by atoms with Crippen molar-refractivity contribution in [1.29, 1.82) is 0 Å². The van der Waals surface area contributed by atoms with E-state index in [9.17, 15) is 9.18 Å². The van der Waals surface area contributed by atoms with E-state index in [4.69, 9.17) is 0 Å². The average Bonchev–Trinajstić information content (AvgIpc) is 2.80. The number of amides is 1. The number of benzene rings is 1. The monoisotopic (exact) mass is 343 g/mol. The van der Waals surface area contributed by atoms with Crippen molar-refractivity contribution in [2.45, 2.75) is 52.0 Å². The van der Waals surface area contributed by atoms with Gasteiger partial charge in [0.25, 0.3) is 5.91 Å². The lowest BCUT2D eigenvalue weighted by atomic mass is 10.1. The molecule has 134 valence electrons. The van der Waals surface area contributed by atoms with E-state index in [0.29, 0.717) is 11.5 Å². The summed E-state index contributed by atoms with van der Waals surface area (Å²) in [6.07, 6.45) is 6.15. The molecule has 0 atom stereocenters. The van der Waals surface area contributed by atoms with Gasteiger partial charge in [-0.1, -0.05) is 31.9 Å². The second-order valence-corrected chi connectivity index (χ2v) is 6.78. The van der Waals surface area contributed by atoms with Crippen LogP contribution in [0.2, 0.25) is 0 Å². The number of hydrogen-bond donors (Lipinski definition) is 0. The van der Waals surface area contributed by atoms with Crippen LogP contribution in [-0.2, 0) is 13.0 Å². The Labute approximate surface area is 148 Å². The van der Waals surface area contributed by atoms with Crippen LogP contribution < -0.4 is 0 Å². The molecule has 0 unspecified atom stereocenters. The fourth-order valence-corrected chi connectivity index (χ4v) is 3.42. The topological polar surface area (TPSA) is 38.1 Å². The van der Waals surface area contributed by atoms with Crippen LogP contribution in [0.4, 0.5) is 4.39 Å². The molecule has 1 aliphatic heterocycles. The van der Waals surface area contributed by atoms with Gasteiger partial charge in [-0.25, -0.2) is 9.37 Å². The Morgan fingerprint density at radius 1 is 1.32 bits per heavy atom. The SMILES string of the molecule is CCCCN(C)C(=O)c1nc(-c2cccc(F)c2)n2c1CCCCC2. The van der Waals surface area contributed by atoms with Crippen LogP contribution in [0.1, 0.15) is 55.2 Å². The van der Waals surface area contributed by atoms with Gasteiger partial charge in [-0.2, -0.15) is 0 Å². The highest BCUT2D eigenvalue weighted by molar-refractivity contribution is 5.94. The second kappa shape index (κ2) is 7.81. The van der Waals surface area contributed by atoms with Crippen molar-refractivity contribution in [2.75, 3.05) is 13.6 Å². The van der Waals surface area contributed by atoms with Gasteiger partial charge in [-0.3, -0.25) is 4.79 Å². The van der Waals surface area contributed by atoms with E-state index in [1.807, 2.05) is 13.1 Å². The molecule has 3 rings (SSSR count). The molecule has 0 spiro atoms. The lowest BCUT2D eigenvalue weighted by Gasteiger charge is -2.16. The summed E-state index contributed by atoms with van der Waals surface area (Å²) >= 11 is 0. The number of fused-ring (bicyclic) bond motifs is 1. The maximum atomic E-state index is 13.7. The number of carbonyl (C=O) groups excluding carboxylic acids is 1. The number of carbonyl (C=O) groups is 1. The fourth-order valence-electron chi connectivity index (χ4n) is 3.42. The second-order valence-electron chi connectivity index (χ2n) is 6.78. The Morgan fingerprint density at radius 3 is 2.92 bits per heavy atom. The van der Waals surface area contributed by atoms with Crippen molar-refractivity contribution in [3.8, 4) is 11.4 Å². The Kier molecular flexibility index (Phi) is 5.51. The third-order valence-corrected chi connectivity index (χ3v) is 4.85. The number of imidazole rings is 1. The highest BCUT2D eigenvalue weighted by Crippen LogP contribution is 2.28. The van der Waals surface area contributed by atoms with Gasteiger partial charge in [0.1, 0.15) is 17.3 Å². The first kappa shape index (κ1) is 17.6. The number of halogens is 1. The van der Waals surface area contributed by atoms with Crippen LogP contribution in [0.15, 0.2) is 24.3 Å². The van der Waals surface area contributed by atoms with E-state index in [0.717, 1.165) is 62.9 Å². The van der Waals surface area contributed by atoms with Gasteiger partial charge in [0.2, 0.25) is 0 Å². The first-order valence-electron chi connectivity index (χ1n) is 9.22. The van der Waals surface area contributed by atoms with E-state index < -0.39 is 0 Å². The summed E-state index contributed by atoms with van der Waals surface area (Å²) < 4.78 is 15.8. The highest BCUT2D eigenvalue weighted by Gasteiger charge is 2.26. The van der Waals surface area contributed by atoms with Crippen molar-refractivity contribution < 1.29 is 9.18 Å². The zero-order chi connectivity index (χ0) is 17.8. The standard InChI is InChI=1S/C20H26FN3O/c1-3-4-12-23(2)20(25)18-17-11-6-5-7-13-24(17)19(22-18)15-9-8-10-16(21)14-15/h8-10,14H,3-7,11-13H2,1-2H3. The largest absolute Gasteiger partial charge is 0.340 e. The molecular formula is C20H26FN3O. The van der Waals surface area contributed by atoms with E-state index in [2.05, 4.69) is 16.5 Å². The van der Waals surface area contributed by atoms with Crippen molar-refractivity contribution in [1.82, 2.24) is 14.5 Å². The van der Waals surface area contributed by atoms with Crippen molar-refractivity contribution in [2.24, 2.45) is 0 Å². The zero-order valence-corrected chi connectivity index (χ0v) is 15.1. The molecule has 0 saturated heterocycles. The first-order valence-corrected chi connectivity index (χ1v) is 9.22. The van der Waals surface area contributed by atoms with Gasteiger partial charge < -0.3 is 9.47 Å². The van der Waals surface area contributed by atoms with Crippen LogP contribution in [0.3, 0.4) is 0 Å². The van der Waals surface area contributed by atoms with Crippen molar-refractivity contribution in [3.63, 3.8) is 0 Å². The predicted octanol–water partition coefficient (Wildman–Crippen LogP) is 4.29. The molecule has 0 bridgehead atoms. The summed E-state index contributed by atoms with van der Waals surface area (Å²) in [6.45, 7) is 3.68. The van der Waals surface area contributed by atoms with Crippen molar-refractivity contribution in [3.05, 3.63) is 41.5 Å². The number of hydrogen-bond acceptors (Lipinski definition) is 2. The Hall–Kier alpha value is -2.17. The normalized spacial score (nSPS) is 14.0. The molecule has 0 N–H and O–H groups in total. The van der Waals surface area contributed by atoms with Gasteiger partial charge >= 0.3 is 0 Å². The van der Waals surface area contributed by atoms with Crippen LogP contribution in [-0.4, -0.2) is 34.0 Å². The van der Waals surface area contributed by atoms with Gasteiger partial charge in [0, 0.05) is 25.7 Å². The first-order chi connectivity index (χ1) is 12.1. The van der Waals surface area contributed by atoms with Crippen LogP contribution >= 0.6 is 0 Å². The molecular weight excluding hydrogens is 317 g/mol. The fraction of sp³-hybridized carbons (Fsp3) is 0.500. The van der Waals surface area contributed by atoms with Crippen LogP contribution in [0, 0.1) is 5.82 Å². The third kappa shape index (κ3) is 3.75. The Morgan fingerprint density at radius 2 is 2.16 bits per heavy atom. The maximum Gasteiger partial charge on any atom is 0.274 e. The molecule has 25 heavy (non-hydrogen) atoms. The molecule has 0 aliphatic carbocycles. The van der Waals surface area contributed by atoms with E-state index in [1.54, 1.807) is 11.0 Å². The van der Waals surface area contributed by atoms with Gasteiger partial charge in [0.05, 0.1) is 5.69 Å². The van der Waals surface area contributed by atoms with E-state index >= 15 is 0 Å². The summed E-state index contributed by atoms with van der Waals surface area (Å²) in [5.74, 6) is 0.404. The molecule has 0 radical (unpaired) electrons. The molecule has 0 fully saturated rings. The third-order valence-electron chi connectivity index (χ3n) is 4.85. The minimum absolute atomic E-state index is 0.0262. The number of aromatic nitrogens is 2. The molecule has 1 aromatic carbocycles. The average molecular weight is 343 g/mol. The molecule has 0 saturated carbocycles. The number of nitrogens with zero attached hydrogens (tertiary/aromatic N) is 3. The minimum Gasteiger partial charge on any atom is -0.340 e. The molecule has 5 heteroatoms. The predicted molar refractivity (Wildman–Crippen MR) is 97.0 cm³/mol. The van der Waals surface area contributed by atoms with E-state index in [-0.39, 0.29) is 11.7 Å². The molecule has 4 nitrogen and oxygen atoms in total. The quantitative estimate of drug-likeness (QED) is 0.812. The van der Waals surface area contributed by atoms with Crippen LogP contribution in [0.5, 0.6) is 0 Å². The van der Waals surface area contributed by atoms with Crippen LogP contribution in [0.25, 0.3) is 11.4 Å². The zero-order valence-electron chi connectivity index (χ0n) is 15.1. The minimum atomic E-state index is -0.281. The summed E-state index contributed by atoms with van der Waals surface area (Å²) in [7, 11) is 1.84. The Bertz CT molecular complexity index is 753. The smallest absolute Gasteiger partial charge is 0.274 e. The summed E-state index contributed by atoms with van der Waals surface area (Å²) in [6, 6.07) is 6.48. The van der Waals surface area contributed by atoms with Gasteiger partial charge in [-0.15, -0.1) is 0 Å². The molecule has 1 amide bonds. The Balaban J connectivity index is 2.03. The van der Waals surface area contributed by atoms with Crippen molar-refractivity contribution >= 4 is 5.91 Å².